The summed E-state index contributed by atoms with van der Waals surface area (Å²) in [6.45, 7) is 3.81. The van der Waals surface area contributed by atoms with E-state index >= 15 is 0 Å². The van der Waals surface area contributed by atoms with Gasteiger partial charge >= 0.3 is 0 Å². The van der Waals surface area contributed by atoms with E-state index in [4.69, 9.17) is 9.47 Å². The van der Waals surface area contributed by atoms with Crippen molar-refractivity contribution in [1.82, 2.24) is 4.98 Å². The van der Waals surface area contributed by atoms with Crippen LogP contribution in [0.5, 0.6) is 23.0 Å². The fourth-order valence-electron chi connectivity index (χ4n) is 5.53. The molecule has 212 valence electrons. The molecule has 0 aliphatic carbocycles. The van der Waals surface area contributed by atoms with E-state index in [-0.39, 0.29) is 23.8 Å². The highest BCUT2D eigenvalue weighted by Crippen LogP contribution is 2.49. The van der Waals surface area contributed by atoms with Gasteiger partial charge in [-0.05, 0) is 67.2 Å². The number of aromatic nitrogens is 1. The van der Waals surface area contributed by atoms with Crippen LogP contribution >= 0.6 is 0 Å². The molecule has 1 fully saturated rings. The summed E-state index contributed by atoms with van der Waals surface area (Å²) in [6, 6.07) is 7.56. The molecule has 8 heteroatoms. The Morgan fingerprint density at radius 1 is 1.03 bits per heavy atom. The fourth-order valence-corrected chi connectivity index (χ4v) is 5.53. The number of ether oxygens (including phenoxy) is 2. The van der Waals surface area contributed by atoms with E-state index in [0.29, 0.717) is 48.5 Å². The molecule has 2 aromatic carbocycles. The van der Waals surface area contributed by atoms with Gasteiger partial charge in [-0.15, -0.1) is 0 Å². The second-order valence-electron chi connectivity index (χ2n) is 10.9. The maximum Gasteiger partial charge on any atom is 0.201 e. The van der Waals surface area contributed by atoms with Crippen LogP contribution in [0, 0.1) is 5.92 Å². The molecule has 0 spiro atoms. The van der Waals surface area contributed by atoms with Crippen molar-refractivity contribution in [3.05, 3.63) is 70.0 Å². The summed E-state index contributed by atoms with van der Waals surface area (Å²) in [4.78, 5) is 4.12. The summed E-state index contributed by atoms with van der Waals surface area (Å²) in [6.07, 6.45) is 6.10. The molecule has 0 radical (unpaired) electrons. The number of methoxy groups -OCH3 is 1. The number of aryl methyl sites for hydroxylation is 2. The molecular formula is C31H40NO7-. The third kappa shape index (κ3) is 6.69. The second kappa shape index (κ2) is 12.8. The molecule has 3 atom stereocenters. The SMILES string of the molecule is COc1c(O)c(O)c(CO)c(C2CC(O)CC(CCc3ccc(O)c(CCC(C)C)c3)O2)c1Cc1cc[n-]c1. The fraction of sp³-hybridized carbons (Fsp3) is 0.484. The van der Waals surface area contributed by atoms with Gasteiger partial charge in [0, 0.05) is 17.5 Å². The standard InChI is InChI=1S/C31H40NO7/c1-18(2)4-7-21-12-19(6-9-26(21)35)5-8-23-14-22(34)15-27(39-23)28-24(13-20-10-11-32-16-20)31(38-3)30(37)29(36)25(28)17-33/h6,9-12,16,18,22-23,27,33-37H,4-5,7-8,13-15,17H2,1-3H3/q-1. The zero-order valence-electron chi connectivity index (χ0n) is 22.9. The van der Waals surface area contributed by atoms with Gasteiger partial charge in [0.25, 0.3) is 0 Å². The molecule has 8 nitrogen and oxygen atoms in total. The first-order valence-corrected chi connectivity index (χ1v) is 13.7. The van der Waals surface area contributed by atoms with Crippen LogP contribution in [0.15, 0.2) is 36.7 Å². The Morgan fingerprint density at radius 3 is 2.49 bits per heavy atom. The smallest absolute Gasteiger partial charge is 0.201 e. The van der Waals surface area contributed by atoms with Crippen LogP contribution in [-0.2, 0) is 30.6 Å². The average molecular weight is 539 g/mol. The molecule has 2 heterocycles. The lowest BCUT2D eigenvalue weighted by molar-refractivity contribution is -0.101. The highest BCUT2D eigenvalue weighted by atomic mass is 16.5. The lowest BCUT2D eigenvalue weighted by Crippen LogP contribution is -2.32. The first-order chi connectivity index (χ1) is 18.7. The first kappa shape index (κ1) is 28.8. The van der Waals surface area contributed by atoms with E-state index in [1.807, 2.05) is 18.2 Å². The van der Waals surface area contributed by atoms with Crippen molar-refractivity contribution in [3.8, 4) is 23.0 Å². The number of aliphatic hydroxyl groups excluding tert-OH is 2. The molecule has 5 N–H and O–H groups in total. The Morgan fingerprint density at radius 2 is 1.82 bits per heavy atom. The molecule has 0 amide bonds. The van der Waals surface area contributed by atoms with Crippen molar-refractivity contribution in [2.45, 2.75) is 83.7 Å². The van der Waals surface area contributed by atoms with Gasteiger partial charge < -0.3 is 40.0 Å². The van der Waals surface area contributed by atoms with Gasteiger partial charge in [0.05, 0.1) is 32.0 Å². The Bertz CT molecular complexity index is 1240. The van der Waals surface area contributed by atoms with Gasteiger partial charge in [0.1, 0.15) is 5.75 Å². The Kier molecular flexibility index (Phi) is 9.43. The third-order valence-corrected chi connectivity index (χ3v) is 7.60. The summed E-state index contributed by atoms with van der Waals surface area (Å²) in [5.74, 6) is 0.0811. The predicted octanol–water partition coefficient (Wildman–Crippen LogP) is 4.65. The summed E-state index contributed by atoms with van der Waals surface area (Å²) in [5.41, 5.74) is 4.17. The van der Waals surface area contributed by atoms with Gasteiger partial charge in [-0.2, -0.15) is 12.4 Å². The molecule has 1 aromatic heterocycles. The minimum atomic E-state index is -0.642. The van der Waals surface area contributed by atoms with Gasteiger partial charge in [-0.3, -0.25) is 0 Å². The number of aliphatic hydroxyl groups is 2. The van der Waals surface area contributed by atoms with Crippen LogP contribution in [0.2, 0.25) is 0 Å². The molecule has 1 aliphatic rings. The van der Waals surface area contributed by atoms with Crippen LogP contribution < -0.4 is 9.72 Å². The van der Waals surface area contributed by atoms with E-state index in [0.717, 1.165) is 29.5 Å². The van der Waals surface area contributed by atoms with Crippen LogP contribution in [-0.4, -0.2) is 44.9 Å². The number of nitrogens with zero attached hydrogens (tertiary/aromatic N) is 1. The summed E-state index contributed by atoms with van der Waals surface area (Å²) in [5, 5.41) is 52.7. The molecule has 4 rings (SSSR count). The van der Waals surface area contributed by atoms with Crippen molar-refractivity contribution in [3.63, 3.8) is 0 Å². The third-order valence-electron chi connectivity index (χ3n) is 7.60. The normalized spacial score (nSPS) is 19.5. The number of hydrogen-bond donors (Lipinski definition) is 5. The van der Waals surface area contributed by atoms with Crippen molar-refractivity contribution in [2.24, 2.45) is 5.92 Å². The van der Waals surface area contributed by atoms with Gasteiger partial charge in [-0.25, -0.2) is 0 Å². The van der Waals surface area contributed by atoms with E-state index in [1.165, 1.54) is 7.11 Å². The van der Waals surface area contributed by atoms with Crippen molar-refractivity contribution < 1.29 is 35.0 Å². The first-order valence-electron chi connectivity index (χ1n) is 13.7. The molecule has 39 heavy (non-hydrogen) atoms. The molecule has 3 aromatic rings. The van der Waals surface area contributed by atoms with Gasteiger partial charge in [-0.1, -0.05) is 37.6 Å². The number of phenolic OH excluding ortho intramolecular Hbond substituents is 2. The number of benzene rings is 2. The van der Waals surface area contributed by atoms with Gasteiger partial charge in [0.15, 0.2) is 11.5 Å². The second-order valence-corrected chi connectivity index (χ2v) is 10.9. The van der Waals surface area contributed by atoms with E-state index in [2.05, 4.69) is 18.8 Å². The largest absolute Gasteiger partial charge is 0.670 e. The minimum Gasteiger partial charge on any atom is -0.670 e. The lowest BCUT2D eigenvalue weighted by Gasteiger charge is -2.36. The Hall–Kier alpha value is -3.20. The minimum absolute atomic E-state index is 0.110. The van der Waals surface area contributed by atoms with Gasteiger partial charge in [0.2, 0.25) is 5.75 Å². The van der Waals surface area contributed by atoms with E-state index in [9.17, 15) is 25.5 Å². The monoisotopic (exact) mass is 538 g/mol. The van der Waals surface area contributed by atoms with Crippen LogP contribution in [0.4, 0.5) is 0 Å². The van der Waals surface area contributed by atoms with Crippen molar-refractivity contribution >= 4 is 0 Å². The molecule has 0 bridgehead atoms. The van der Waals surface area contributed by atoms with Crippen molar-refractivity contribution in [2.75, 3.05) is 7.11 Å². The molecule has 1 saturated heterocycles. The molecular weight excluding hydrogens is 498 g/mol. The molecule has 3 unspecified atom stereocenters. The zero-order chi connectivity index (χ0) is 28.1. The topological polar surface area (TPSA) is 134 Å². The van der Waals surface area contributed by atoms with E-state index < -0.39 is 30.3 Å². The number of hydrogen-bond acceptors (Lipinski definition) is 7. The number of rotatable bonds is 11. The highest BCUT2D eigenvalue weighted by molar-refractivity contribution is 5.64. The number of aromatic hydroxyl groups is 3. The zero-order valence-corrected chi connectivity index (χ0v) is 22.9. The maximum absolute atomic E-state index is 10.8. The maximum atomic E-state index is 10.8. The molecule has 1 aliphatic heterocycles. The summed E-state index contributed by atoms with van der Waals surface area (Å²) >= 11 is 0. The molecule has 0 saturated carbocycles. The van der Waals surface area contributed by atoms with Crippen LogP contribution in [0.3, 0.4) is 0 Å². The quantitative estimate of drug-likeness (QED) is 0.223. The van der Waals surface area contributed by atoms with Crippen LogP contribution in [0.25, 0.3) is 0 Å². The Labute approximate surface area is 229 Å². The summed E-state index contributed by atoms with van der Waals surface area (Å²) in [7, 11) is 1.41. The Balaban J connectivity index is 1.60. The van der Waals surface area contributed by atoms with E-state index in [1.54, 1.807) is 18.5 Å². The van der Waals surface area contributed by atoms with Crippen LogP contribution in [0.1, 0.15) is 79.0 Å². The lowest BCUT2D eigenvalue weighted by atomic mass is 9.86. The predicted molar refractivity (Wildman–Crippen MR) is 147 cm³/mol. The van der Waals surface area contributed by atoms with Crippen molar-refractivity contribution in [1.29, 1.82) is 0 Å². The highest BCUT2D eigenvalue weighted by Gasteiger charge is 2.35. The number of phenols is 3. The summed E-state index contributed by atoms with van der Waals surface area (Å²) < 4.78 is 12.0. The average Bonchev–Trinajstić information content (AvgIpc) is 3.42.